The maximum absolute atomic E-state index is 11.5. The van der Waals surface area contributed by atoms with Gasteiger partial charge in [0.1, 0.15) is 6.04 Å². The van der Waals surface area contributed by atoms with E-state index in [-0.39, 0.29) is 18.1 Å². The van der Waals surface area contributed by atoms with Crippen LogP contribution in [0.2, 0.25) is 0 Å². The Morgan fingerprint density at radius 1 is 1.38 bits per heavy atom. The largest absolute Gasteiger partial charge is 0.465 e. The molecule has 1 aliphatic heterocycles. The smallest absolute Gasteiger partial charge is 0.325 e. The Bertz CT molecular complexity index is 424. The zero-order valence-corrected chi connectivity index (χ0v) is 12.4. The van der Waals surface area contributed by atoms with Crippen molar-refractivity contribution in [3.8, 4) is 0 Å². The molecule has 21 heavy (non-hydrogen) atoms. The van der Waals surface area contributed by atoms with E-state index in [1.165, 1.54) is 5.56 Å². The van der Waals surface area contributed by atoms with Crippen LogP contribution in [0.5, 0.6) is 0 Å². The van der Waals surface area contributed by atoms with Crippen LogP contribution in [0.25, 0.3) is 0 Å². The number of benzene rings is 1. The number of hydroxylamine groups is 1. The zero-order valence-electron chi connectivity index (χ0n) is 12.4. The van der Waals surface area contributed by atoms with Gasteiger partial charge in [0.05, 0.1) is 19.3 Å². The molecule has 2 atom stereocenters. The normalized spacial score (nSPS) is 21.4. The number of rotatable bonds is 8. The van der Waals surface area contributed by atoms with E-state index in [9.17, 15) is 4.79 Å². The summed E-state index contributed by atoms with van der Waals surface area (Å²) in [5, 5.41) is 0. The van der Waals surface area contributed by atoms with Crippen LogP contribution in [-0.4, -0.2) is 31.3 Å². The zero-order chi connectivity index (χ0) is 14.9. The Balaban J connectivity index is 1.55. The molecule has 0 aromatic heterocycles. The van der Waals surface area contributed by atoms with Gasteiger partial charge in [0.15, 0.2) is 0 Å². The molecule has 0 amide bonds. The van der Waals surface area contributed by atoms with Gasteiger partial charge in [0, 0.05) is 13.0 Å². The molecule has 0 radical (unpaired) electrons. The van der Waals surface area contributed by atoms with E-state index in [2.05, 4.69) is 5.48 Å². The fraction of sp³-hybridized carbons (Fsp3) is 0.562. The molecule has 5 heteroatoms. The maximum Gasteiger partial charge on any atom is 0.325 e. The average molecular weight is 293 g/mol. The molecule has 1 saturated heterocycles. The van der Waals surface area contributed by atoms with Gasteiger partial charge >= 0.3 is 5.97 Å². The minimum Gasteiger partial charge on any atom is -0.465 e. The van der Waals surface area contributed by atoms with Gasteiger partial charge in [-0.25, -0.2) is 0 Å². The van der Waals surface area contributed by atoms with Gasteiger partial charge in [0.25, 0.3) is 0 Å². The van der Waals surface area contributed by atoms with Crippen LogP contribution in [0.3, 0.4) is 0 Å². The molecule has 5 nitrogen and oxygen atoms in total. The summed E-state index contributed by atoms with van der Waals surface area (Å²) < 4.78 is 10.6. The molecule has 1 fully saturated rings. The van der Waals surface area contributed by atoms with Crippen molar-refractivity contribution < 1.29 is 19.1 Å². The first-order chi connectivity index (χ1) is 10.3. The first-order valence-electron chi connectivity index (χ1n) is 7.49. The first kappa shape index (κ1) is 15.9. The minimum absolute atomic E-state index is 0.0553. The van der Waals surface area contributed by atoms with Crippen molar-refractivity contribution in [1.29, 1.82) is 0 Å². The molecule has 1 aliphatic rings. The minimum atomic E-state index is -0.333. The predicted molar refractivity (Wildman–Crippen MR) is 78.4 cm³/mol. The van der Waals surface area contributed by atoms with Crippen LogP contribution in [-0.2, 0) is 25.7 Å². The summed E-state index contributed by atoms with van der Waals surface area (Å²) in [5.41, 5.74) is 3.92. The molecule has 2 unspecified atom stereocenters. The average Bonchev–Trinajstić information content (AvgIpc) is 2.97. The highest BCUT2D eigenvalue weighted by Crippen LogP contribution is 2.16. The Labute approximate surface area is 125 Å². The first-order valence-corrected chi connectivity index (χ1v) is 7.49. The lowest BCUT2D eigenvalue weighted by atomic mass is 10.1. The fourth-order valence-electron chi connectivity index (χ4n) is 2.28. The lowest BCUT2D eigenvalue weighted by Crippen LogP contribution is -2.31. The summed E-state index contributed by atoms with van der Waals surface area (Å²) in [4.78, 5) is 16.9. The second kappa shape index (κ2) is 8.77. The standard InChI is InChI=1S/C16H23NO4/c1-2-20-16(18)15-11-14(21-17-15)9-6-10-19-12-13-7-4-3-5-8-13/h3-5,7-8,14-15,17H,2,6,9-12H2,1H3. The number of carbonyl (C=O) groups is 1. The fourth-order valence-corrected chi connectivity index (χ4v) is 2.28. The summed E-state index contributed by atoms with van der Waals surface area (Å²) in [6.07, 6.45) is 2.50. The van der Waals surface area contributed by atoms with Crippen molar-refractivity contribution >= 4 is 5.97 Å². The summed E-state index contributed by atoms with van der Waals surface area (Å²) >= 11 is 0. The number of hydrogen-bond donors (Lipinski definition) is 1. The van der Waals surface area contributed by atoms with Gasteiger partial charge in [-0.15, -0.1) is 0 Å². The van der Waals surface area contributed by atoms with E-state index >= 15 is 0 Å². The lowest BCUT2D eigenvalue weighted by Gasteiger charge is -2.08. The van der Waals surface area contributed by atoms with Crippen molar-refractivity contribution in [2.24, 2.45) is 0 Å². The molecule has 0 aliphatic carbocycles. The van der Waals surface area contributed by atoms with Crippen molar-refractivity contribution in [2.45, 2.75) is 44.9 Å². The summed E-state index contributed by atoms with van der Waals surface area (Å²) in [5.74, 6) is -0.236. The molecule has 2 rings (SSSR count). The number of carbonyl (C=O) groups excluding carboxylic acids is 1. The summed E-state index contributed by atoms with van der Waals surface area (Å²) in [6.45, 7) is 3.53. The molecule has 116 valence electrons. The highest BCUT2D eigenvalue weighted by Gasteiger charge is 2.31. The highest BCUT2D eigenvalue weighted by molar-refractivity contribution is 5.75. The van der Waals surface area contributed by atoms with Crippen LogP contribution < -0.4 is 5.48 Å². The molecule has 1 heterocycles. The number of hydrogen-bond acceptors (Lipinski definition) is 5. The third-order valence-electron chi connectivity index (χ3n) is 3.37. The van der Waals surface area contributed by atoms with E-state index in [0.717, 1.165) is 12.8 Å². The SMILES string of the molecule is CCOC(=O)C1CC(CCCOCc2ccccc2)ON1. The lowest BCUT2D eigenvalue weighted by molar-refractivity contribution is -0.146. The molecule has 1 aromatic carbocycles. The van der Waals surface area contributed by atoms with Crippen molar-refractivity contribution in [3.05, 3.63) is 35.9 Å². The maximum atomic E-state index is 11.5. The Morgan fingerprint density at radius 3 is 2.95 bits per heavy atom. The number of nitrogens with one attached hydrogen (secondary N) is 1. The van der Waals surface area contributed by atoms with Gasteiger partial charge in [0.2, 0.25) is 0 Å². The molecular formula is C16H23NO4. The van der Waals surface area contributed by atoms with Gasteiger partial charge in [-0.1, -0.05) is 30.3 Å². The quantitative estimate of drug-likeness (QED) is 0.588. The molecule has 0 bridgehead atoms. The molecule has 0 saturated carbocycles. The molecule has 1 aromatic rings. The monoisotopic (exact) mass is 293 g/mol. The summed E-state index contributed by atoms with van der Waals surface area (Å²) in [7, 11) is 0. The highest BCUT2D eigenvalue weighted by atomic mass is 16.7. The molecule has 1 N–H and O–H groups in total. The van der Waals surface area contributed by atoms with E-state index < -0.39 is 0 Å². The second-order valence-electron chi connectivity index (χ2n) is 5.08. The number of esters is 1. The van der Waals surface area contributed by atoms with Crippen LogP contribution >= 0.6 is 0 Å². The van der Waals surface area contributed by atoms with E-state index in [1.54, 1.807) is 6.92 Å². The van der Waals surface area contributed by atoms with E-state index in [0.29, 0.717) is 26.2 Å². The van der Waals surface area contributed by atoms with Crippen molar-refractivity contribution in [1.82, 2.24) is 5.48 Å². The van der Waals surface area contributed by atoms with Gasteiger partial charge < -0.3 is 9.47 Å². The predicted octanol–water partition coefficient (Wildman–Crippen LogP) is 2.21. The van der Waals surface area contributed by atoms with Gasteiger partial charge in [-0.05, 0) is 25.3 Å². The van der Waals surface area contributed by atoms with Crippen LogP contribution in [0.15, 0.2) is 30.3 Å². The Kier molecular flexibility index (Phi) is 6.66. The Hall–Kier alpha value is -1.43. The van der Waals surface area contributed by atoms with Crippen molar-refractivity contribution in [3.63, 3.8) is 0 Å². The number of ether oxygens (including phenoxy) is 2. The van der Waals surface area contributed by atoms with Crippen LogP contribution in [0.4, 0.5) is 0 Å². The van der Waals surface area contributed by atoms with Gasteiger partial charge in [-0.3, -0.25) is 9.63 Å². The third kappa shape index (κ3) is 5.46. The molecule has 0 spiro atoms. The summed E-state index contributed by atoms with van der Waals surface area (Å²) in [6, 6.07) is 9.77. The third-order valence-corrected chi connectivity index (χ3v) is 3.37. The van der Waals surface area contributed by atoms with Crippen LogP contribution in [0.1, 0.15) is 31.7 Å². The topological polar surface area (TPSA) is 56.8 Å². The van der Waals surface area contributed by atoms with Gasteiger partial charge in [-0.2, -0.15) is 5.48 Å². The second-order valence-corrected chi connectivity index (χ2v) is 5.08. The molecular weight excluding hydrogens is 270 g/mol. The van der Waals surface area contributed by atoms with Crippen LogP contribution in [0, 0.1) is 0 Å². The van der Waals surface area contributed by atoms with E-state index in [4.69, 9.17) is 14.3 Å². The van der Waals surface area contributed by atoms with E-state index in [1.807, 2.05) is 30.3 Å². The van der Waals surface area contributed by atoms with Crippen molar-refractivity contribution in [2.75, 3.05) is 13.2 Å². The Morgan fingerprint density at radius 2 is 2.19 bits per heavy atom.